The van der Waals surface area contributed by atoms with E-state index in [-0.39, 0.29) is 0 Å². The molecule has 0 spiro atoms. The minimum Gasteiger partial charge on any atom is -0.464 e. The number of hydrogen-bond donors (Lipinski definition) is 0. The monoisotopic (exact) mass is 1210 g/mol. The Morgan fingerprint density at radius 1 is 0.250 bits per heavy atom. The quantitative estimate of drug-likeness (QED) is 0.0886. The summed E-state index contributed by atoms with van der Waals surface area (Å²) in [6.45, 7) is 16.5. The molecule has 0 bridgehead atoms. The normalized spacial score (nSPS) is 11.9. The number of rotatable bonds is 12. The first-order valence-electron chi connectivity index (χ1n) is 30.5. The van der Waals surface area contributed by atoms with Crippen LogP contribution in [0.2, 0.25) is 0 Å². The molecule has 0 unspecified atom stereocenters. The minimum atomic E-state index is -0.397. The largest absolute Gasteiger partial charge is 0.464 e. The molecule has 0 aliphatic carbocycles. The highest BCUT2D eigenvalue weighted by Crippen LogP contribution is 2.58. The summed E-state index contributed by atoms with van der Waals surface area (Å²) >= 11 is 0. The van der Waals surface area contributed by atoms with Crippen molar-refractivity contribution >= 4 is 144 Å². The lowest BCUT2D eigenvalue weighted by molar-refractivity contribution is 0.613. The van der Waals surface area contributed by atoms with Crippen LogP contribution in [0, 0.1) is 78.7 Å². The van der Waals surface area contributed by atoms with Gasteiger partial charge < -0.3 is 37.3 Å². The number of fused-ring (bicyclic) bond motifs is 4. The van der Waals surface area contributed by atoms with Crippen molar-refractivity contribution in [2.75, 3.05) is 19.6 Å². The molecular weight excluding hydrogens is 1160 g/mol. The Balaban J connectivity index is 1.14. The fraction of sp³-hybridized carbons (Fsp3) is 0.100. The average Bonchev–Trinajstić information content (AvgIpc) is 0.938. The van der Waals surface area contributed by atoms with Gasteiger partial charge >= 0.3 is 0 Å². The Kier molecular flexibility index (Phi) is 12.9. The molecule has 0 N–H and O–H groups in total. The first kappa shape index (κ1) is 56.0. The highest BCUT2D eigenvalue weighted by Gasteiger charge is 2.33. The van der Waals surface area contributed by atoms with Crippen LogP contribution < -0.4 is 19.6 Å². The van der Waals surface area contributed by atoms with Gasteiger partial charge in [-0.25, -0.2) is 17.6 Å². The molecule has 0 amide bonds. The van der Waals surface area contributed by atoms with E-state index in [1.165, 1.54) is 48.5 Å². The summed E-state index contributed by atoms with van der Waals surface area (Å²) in [5.74, 6) is -1.59. The molecule has 0 aliphatic heterocycles. The lowest BCUT2D eigenvalue weighted by Crippen LogP contribution is -2.18. The molecule has 0 saturated carbocycles. The van der Waals surface area contributed by atoms with E-state index in [4.69, 9.17) is 17.7 Å². The zero-order chi connectivity index (χ0) is 63.1. The molecule has 0 atom stereocenters. The molecule has 8 nitrogen and oxygen atoms in total. The number of furan rings is 4. The summed E-state index contributed by atoms with van der Waals surface area (Å²) in [5, 5.41) is 8.76. The predicted octanol–water partition coefficient (Wildman–Crippen LogP) is 24.5. The second-order valence-corrected chi connectivity index (χ2v) is 24.2. The third-order valence-corrected chi connectivity index (χ3v) is 18.6. The third-order valence-electron chi connectivity index (χ3n) is 18.6. The van der Waals surface area contributed by atoms with Gasteiger partial charge in [-0.05, 0) is 235 Å². The van der Waals surface area contributed by atoms with Gasteiger partial charge in [0.15, 0.2) is 0 Å². The van der Waals surface area contributed by atoms with Crippen LogP contribution in [-0.2, 0) is 0 Å². The molecule has 12 heteroatoms. The molecule has 0 aliphatic rings. The minimum absolute atomic E-state index is 0.397. The van der Waals surface area contributed by atoms with Gasteiger partial charge in [0.1, 0.15) is 45.6 Å². The van der Waals surface area contributed by atoms with E-state index in [0.717, 1.165) is 144 Å². The maximum atomic E-state index is 15.6. The van der Waals surface area contributed by atoms with Gasteiger partial charge in [-0.15, -0.1) is 0 Å². The number of halogens is 4. The Bertz CT molecular complexity index is 4940. The van der Waals surface area contributed by atoms with Crippen molar-refractivity contribution in [1.82, 2.24) is 0 Å². The van der Waals surface area contributed by atoms with Gasteiger partial charge in [-0.1, -0.05) is 24.3 Å². The maximum absolute atomic E-state index is 15.6. The molecule has 4 aromatic heterocycles. The van der Waals surface area contributed by atoms with Crippen LogP contribution in [0.25, 0.3) is 76.2 Å². The number of aryl methyl sites for hydroxylation is 8. The molecule has 16 aromatic rings. The lowest BCUT2D eigenvalue weighted by atomic mass is 9.88. The number of hydrogen-bond acceptors (Lipinski definition) is 8. The Morgan fingerprint density at radius 2 is 0.457 bits per heavy atom. The fourth-order valence-electron chi connectivity index (χ4n) is 14.7. The molecule has 450 valence electrons. The van der Waals surface area contributed by atoms with Crippen molar-refractivity contribution in [2.45, 2.75) is 55.4 Å². The van der Waals surface area contributed by atoms with Gasteiger partial charge in [-0.3, -0.25) is 0 Å². The summed E-state index contributed by atoms with van der Waals surface area (Å²) in [4.78, 5) is 8.81. The van der Waals surface area contributed by atoms with Crippen molar-refractivity contribution in [3.63, 3.8) is 0 Å². The van der Waals surface area contributed by atoms with Crippen LogP contribution in [0.5, 0.6) is 0 Å². The predicted molar refractivity (Wildman–Crippen MR) is 366 cm³/mol. The van der Waals surface area contributed by atoms with E-state index >= 15 is 17.6 Å². The maximum Gasteiger partial charge on any atom is 0.138 e. The van der Waals surface area contributed by atoms with Crippen LogP contribution >= 0.6 is 0 Å². The van der Waals surface area contributed by atoms with E-state index in [1.54, 1.807) is 73.6 Å². The summed E-state index contributed by atoms with van der Waals surface area (Å²) in [5.41, 5.74) is 18.9. The standard InChI is InChI=1S/C80H58F4N4O4/c1-43-37-51-29-33-89-77(51)47(5)73(43)85(59-17-9-55(81)10-18-59)67-41-68(86(60-19-11-56(82)12-20-60)74-44(2)38-52-30-34-90-78(52)48(74)6)64-27-28-66-70(88(62-23-15-58(84)16-24-62)76-46(4)40-54-32-36-92-80(54)50(76)8)42-69(65-26-25-63(67)71(64)72(65)66)87(61-21-13-57(83)14-22-61)75-45(3)39-53-31-35-91-79(53)49(75)7/h9-42H,1-8H3. The van der Waals surface area contributed by atoms with Gasteiger partial charge in [0.25, 0.3) is 0 Å². The van der Waals surface area contributed by atoms with E-state index in [1.807, 2.05) is 24.3 Å². The summed E-state index contributed by atoms with van der Waals surface area (Å²) in [7, 11) is 0. The first-order valence-corrected chi connectivity index (χ1v) is 30.5. The van der Waals surface area contributed by atoms with Gasteiger partial charge in [0, 0.05) is 98.9 Å². The summed E-state index contributed by atoms with van der Waals surface area (Å²) < 4.78 is 87.5. The molecular formula is C80H58F4N4O4. The molecule has 92 heavy (non-hydrogen) atoms. The molecule has 0 fully saturated rings. The van der Waals surface area contributed by atoms with Crippen molar-refractivity contribution in [3.05, 3.63) is 275 Å². The Morgan fingerprint density at radius 3 is 0.663 bits per heavy atom. The van der Waals surface area contributed by atoms with Crippen molar-refractivity contribution in [3.8, 4) is 0 Å². The second kappa shape index (κ2) is 21.2. The van der Waals surface area contributed by atoms with E-state index < -0.39 is 23.3 Å². The highest BCUT2D eigenvalue weighted by atomic mass is 19.1. The van der Waals surface area contributed by atoms with Crippen LogP contribution in [0.15, 0.2) is 225 Å². The van der Waals surface area contributed by atoms with Gasteiger partial charge in [0.2, 0.25) is 0 Å². The SMILES string of the molecule is Cc1cc2ccoc2c(C)c1N(c1ccc(F)cc1)c1cc(N(c2ccc(F)cc2)c2c(C)cc3ccoc3c2C)c2ccc3c(N(c4ccc(F)cc4)c4c(C)cc5ccoc5c4C)cc(N(c4ccc(F)cc4)c4c(C)cc5ccoc5c4C)c4ccc1c2c43. The van der Waals surface area contributed by atoms with Crippen LogP contribution in [-0.4, -0.2) is 0 Å². The summed E-state index contributed by atoms with van der Waals surface area (Å²) in [6.07, 6.45) is 6.79. The van der Waals surface area contributed by atoms with Gasteiger partial charge in [0.05, 0.1) is 70.6 Å². The number of nitrogens with zero attached hydrogens (tertiary/aromatic N) is 4. The second-order valence-electron chi connectivity index (χ2n) is 24.2. The van der Waals surface area contributed by atoms with Crippen molar-refractivity contribution < 1.29 is 35.2 Å². The fourth-order valence-corrected chi connectivity index (χ4v) is 14.7. The van der Waals surface area contributed by atoms with Crippen LogP contribution in [0.3, 0.4) is 0 Å². The molecule has 0 saturated heterocycles. The topological polar surface area (TPSA) is 65.5 Å². The average molecular weight is 1220 g/mol. The molecule has 12 aromatic carbocycles. The molecule has 4 heterocycles. The lowest BCUT2D eigenvalue weighted by Gasteiger charge is -2.36. The summed E-state index contributed by atoms with van der Waals surface area (Å²) in [6, 6.07) is 55.6. The van der Waals surface area contributed by atoms with Crippen molar-refractivity contribution in [2.24, 2.45) is 0 Å². The van der Waals surface area contributed by atoms with E-state index in [2.05, 4.69) is 136 Å². The Hall–Kier alpha value is -11.2. The van der Waals surface area contributed by atoms with Crippen LogP contribution in [0.1, 0.15) is 44.5 Å². The zero-order valence-electron chi connectivity index (χ0n) is 51.6. The highest BCUT2D eigenvalue weighted by molar-refractivity contribution is 6.33. The number of benzene rings is 12. The number of anilines is 12. The zero-order valence-corrected chi connectivity index (χ0v) is 51.6. The first-order chi connectivity index (χ1) is 44.6. The van der Waals surface area contributed by atoms with E-state index in [0.29, 0.717) is 45.1 Å². The third kappa shape index (κ3) is 8.64. The van der Waals surface area contributed by atoms with Gasteiger partial charge in [-0.2, -0.15) is 0 Å². The van der Waals surface area contributed by atoms with Crippen molar-refractivity contribution in [1.29, 1.82) is 0 Å². The van der Waals surface area contributed by atoms with E-state index in [9.17, 15) is 0 Å². The van der Waals surface area contributed by atoms with Crippen LogP contribution in [0.4, 0.5) is 85.8 Å². The smallest absolute Gasteiger partial charge is 0.138 e. The molecule has 16 rings (SSSR count). The Labute approximate surface area is 526 Å². The molecule has 0 radical (unpaired) electrons.